The van der Waals surface area contributed by atoms with Gasteiger partial charge in [-0.1, -0.05) is 0 Å². The van der Waals surface area contributed by atoms with Gasteiger partial charge in [0.15, 0.2) is 0 Å². The molecule has 0 bridgehead atoms. The van der Waals surface area contributed by atoms with E-state index < -0.39 is 0 Å². The monoisotopic (exact) mass is 374 g/mol. The van der Waals surface area contributed by atoms with E-state index in [4.69, 9.17) is 0 Å². The van der Waals surface area contributed by atoms with E-state index in [-0.39, 0.29) is 0 Å². The maximum absolute atomic E-state index is 3.51. The lowest BCUT2D eigenvalue weighted by atomic mass is 10.4. The van der Waals surface area contributed by atoms with Crippen LogP contribution in [0.5, 0.6) is 0 Å². The maximum Gasteiger partial charge on any atom is 0.0900 e. The summed E-state index contributed by atoms with van der Waals surface area (Å²) in [5.41, 5.74) is 0. The fraction of sp³-hybridized carbons (Fsp3) is 0. The molecule has 0 aliphatic rings. The van der Waals surface area contributed by atoms with Gasteiger partial charge < -0.3 is 0 Å². The second-order valence-electron chi connectivity index (χ2n) is 1.94. The van der Waals surface area contributed by atoms with Crippen molar-refractivity contribution in [3.63, 3.8) is 0 Å². The van der Waals surface area contributed by atoms with Gasteiger partial charge in [-0.3, -0.25) is 0 Å². The molecule has 2 rings (SSSR count). The minimum atomic E-state index is 1.17. The Morgan fingerprint density at radius 3 is 2.45 bits per heavy atom. The lowest BCUT2D eigenvalue weighted by Gasteiger charge is -1.80. The van der Waals surface area contributed by atoms with Crippen molar-refractivity contribution in [3.8, 4) is 0 Å². The molecular weight excluding hydrogens is 376 g/mol. The molecule has 0 aliphatic heterocycles. The molecule has 5 heteroatoms. The van der Waals surface area contributed by atoms with Crippen molar-refractivity contribution in [1.82, 2.24) is 0 Å². The summed E-state index contributed by atoms with van der Waals surface area (Å²) in [6.07, 6.45) is 0. The van der Waals surface area contributed by atoms with Crippen molar-refractivity contribution in [3.05, 3.63) is 18.1 Å². The van der Waals surface area contributed by atoms with Crippen LogP contribution in [0.2, 0.25) is 0 Å². The van der Waals surface area contributed by atoms with Crippen LogP contribution in [0.4, 0.5) is 0 Å². The number of fused-ring (bicyclic) bond motifs is 1. The van der Waals surface area contributed by atoms with Crippen molar-refractivity contribution in [2.75, 3.05) is 0 Å². The first-order valence-corrected chi connectivity index (χ1v) is 6.72. The molecule has 0 atom stereocenters. The van der Waals surface area contributed by atoms with Crippen LogP contribution in [0.3, 0.4) is 0 Å². The highest BCUT2D eigenvalue weighted by Gasteiger charge is 2.09. The van der Waals surface area contributed by atoms with Crippen LogP contribution in [0.15, 0.2) is 18.1 Å². The Kier molecular flexibility index (Phi) is 2.45. The molecule has 0 saturated carbocycles. The van der Waals surface area contributed by atoms with Crippen LogP contribution in [0, 0.1) is 0 Å². The Hall–Kier alpha value is 1.10. The van der Waals surface area contributed by atoms with Gasteiger partial charge in [0.1, 0.15) is 0 Å². The number of rotatable bonds is 0. The molecule has 2 aromatic rings. The number of thiophene rings is 2. The zero-order valence-corrected chi connectivity index (χ0v) is 11.4. The minimum Gasteiger partial charge on any atom is -0.117 e. The zero-order valence-electron chi connectivity index (χ0n) is 5.03. The Labute approximate surface area is 97.0 Å². The Bertz CT molecular complexity index is 401. The molecule has 2 aromatic heterocycles. The van der Waals surface area contributed by atoms with E-state index in [1.54, 1.807) is 22.7 Å². The first-order chi connectivity index (χ1) is 5.18. The SMILES string of the molecule is Brc1cc2c(Br)c(Br)sc2s1. The summed E-state index contributed by atoms with van der Waals surface area (Å²) >= 11 is 14.0. The summed E-state index contributed by atoms with van der Waals surface area (Å²) < 4.78 is 4.87. The topological polar surface area (TPSA) is 0 Å². The molecule has 0 radical (unpaired) electrons. The largest absolute Gasteiger partial charge is 0.117 e. The van der Waals surface area contributed by atoms with E-state index in [2.05, 4.69) is 53.9 Å². The molecule has 0 saturated heterocycles. The summed E-state index contributed by atoms with van der Waals surface area (Å²) in [5, 5.41) is 1.29. The molecule has 0 nitrogen and oxygen atoms in total. The van der Waals surface area contributed by atoms with Crippen molar-refractivity contribution in [1.29, 1.82) is 0 Å². The Morgan fingerprint density at radius 1 is 1.09 bits per heavy atom. The highest BCUT2D eigenvalue weighted by Crippen LogP contribution is 2.44. The van der Waals surface area contributed by atoms with Gasteiger partial charge in [0, 0.05) is 5.39 Å². The molecule has 0 amide bonds. The predicted molar refractivity (Wildman–Crippen MR) is 62.8 cm³/mol. The van der Waals surface area contributed by atoms with Gasteiger partial charge in [-0.05, 0) is 53.9 Å². The van der Waals surface area contributed by atoms with Gasteiger partial charge in [-0.2, -0.15) is 0 Å². The lowest BCUT2D eigenvalue weighted by molar-refractivity contribution is 1.91. The molecule has 0 aromatic carbocycles. The summed E-state index contributed by atoms with van der Waals surface area (Å²) in [4.78, 5) is 0. The van der Waals surface area contributed by atoms with Crippen LogP contribution in [-0.4, -0.2) is 0 Å². The van der Waals surface area contributed by atoms with E-state index >= 15 is 0 Å². The fourth-order valence-electron chi connectivity index (χ4n) is 0.806. The Morgan fingerprint density at radius 2 is 1.82 bits per heavy atom. The summed E-state index contributed by atoms with van der Waals surface area (Å²) in [6, 6.07) is 2.13. The second-order valence-corrected chi connectivity index (χ2v) is 7.76. The third-order valence-electron chi connectivity index (χ3n) is 1.26. The molecule has 0 spiro atoms. The van der Waals surface area contributed by atoms with Crippen LogP contribution < -0.4 is 0 Å². The van der Waals surface area contributed by atoms with Gasteiger partial charge in [-0.25, -0.2) is 0 Å². The standard InChI is InChI=1S/C6HBr3S2/c7-3-1-2-4(8)5(9)11-6(2)10-3/h1H. The van der Waals surface area contributed by atoms with Gasteiger partial charge in [0.2, 0.25) is 0 Å². The zero-order chi connectivity index (χ0) is 8.01. The average molecular weight is 377 g/mol. The molecule has 2 heterocycles. The summed E-state index contributed by atoms with van der Waals surface area (Å²) in [6.45, 7) is 0. The summed E-state index contributed by atoms with van der Waals surface area (Å²) in [5.74, 6) is 0. The van der Waals surface area contributed by atoms with Crippen molar-refractivity contribution >= 4 is 79.9 Å². The predicted octanol–water partition coefficient (Wildman–Crippen LogP) is 5.25. The first-order valence-electron chi connectivity index (χ1n) is 2.71. The van der Waals surface area contributed by atoms with Crippen LogP contribution in [0.1, 0.15) is 0 Å². The third-order valence-corrected chi connectivity index (χ3v) is 6.48. The molecule has 11 heavy (non-hydrogen) atoms. The van der Waals surface area contributed by atoms with E-state index in [1.807, 2.05) is 0 Å². The Balaban J connectivity index is 2.88. The third kappa shape index (κ3) is 1.46. The highest BCUT2D eigenvalue weighted by atomic mass is 79.9. The number of halogens is 3. The smallest absolute Gasteiger partial charge is 0.0900 e. The molecule has 58 valence electrons. The van der Waals surface area contributed by atoms with Gasteiger partial charge >= 0.3 is 0 Å². The highest BCUT2D eigenvalue weighted by molar-refractivity contribution is 9.13. The van der Waals surface area contributed by atoms with Crippen LogP contribution in [-0.2, 0) is 0 Å². The molecule has 0 aliphatic carbocycles. The van der Waals surface area contributed by atoms with Gasteiger partial charge in [-0.15, -0.1) is 22.7 Å². The fourth-order valence-corrected chi connectivity index (χ4v) is 5.62. The van der Waals surface area contributed by atoms with Gasteiger partial charge in [0.05, 0.1) is 16.1 Å². The molecule has 0 fully saturated rings. The average Bonchev–Trinajstić information content (AvgIpc) is 2.37. The molecule has 0 N–H and O–H groups in total. The van der Waals surface area contributed by atoms with Crippen molar-refractivity contribution < 1.29 is 0 Å². The van der Waals surface area contributed by atoms with Crippen molar-refractivity contribution in [2.45, 2.75) is 0 Å². The van der Waals surface area contributed by atoms with E-state index in [0.29, 0.717) is 0 Å². The summed E-state index contributed by atoms with van der Waals surface area (Å²) in [7, 11) is 0. The van der Waals surface area contributed by atoms with Crippen molar-refractivity contribution in [2.24, 2.45) is 0 Å². The normalized spacial score (nSPS) is 11.2. The number of hydrogen-bond acceptors (Lipinski definition) is 2. The van der Waals surface area contributed by atoms with Crippen LogP contribution in [0.25, 0.3) is 9.40 Å². The molecular formula is C6HBr3S2. The minimum absolute atomic E-state index is 1.17. The second kappa shape index (κ2) is 3.10. The van der Waals surface area contributed by atoms with E-state index in [9.17, 15) is 0 Å². The molecule has 0 unspecified atom stereocenters. The first kappa shape index (κ1) is 8.69. The van der Waals surface area contributed by atoms with E-state index in [1.165, 1.54) is 21.4 Å². The number of hydrogen-bond donors (Lipinski definition) is 0. The van der Waals surface area contributed by atoms with E-state index in [0.717, 1.165) is 0 Å². The van der Waals surface area contributed by atoms with Gasteiger partial charge in [0.25, 0.3) is 0 Å². The quantitative estimate of drug-likeness (QED) is 0.589. The lowest BCUT2D eigenvalue weighted by Crippen LogP contribution is -1.52. The maximum atomic E-state index is 3.51. The van der Waals surface area contributed by atoms with Crippen LogP contribution >= 0.6 is 70.5 Å².